The number of carbonyl (C=O) groups is 2. The van der Waals surface area contributed by atoms with Gasteiger partial charge in [-0.3, -0.25) is 9.59 Å². The minimum Gasteiger partial charge on any atom is -0.467 e. The number of hydrogen-bond acceptors (Lipinski definition) is 9. The molecular formula is C30H46N6O5. The van der Waals surface area contributed by atoms with Crippen LogP contribution in [0.4, 0.5) is 5.82 Å². The fourth-order valence-corrected chi connectivity index (χ4v) is 5.39. The van der Waals surface area contributed by atoms with E-state index in [0.717, 1.165) is 5.76 Å². The lowest BCUT2D eigenvalue weighted by Crippen LogP contribution is -2.59. The number of ether oxygens (including phenoxy) is 1. The van der Waals surface area contributed by atoms with Crippen molar-refractivity contribution in [1.82, 2.24) is 25.5 Å². The van der Waals surface area contributed by atoms with E-state index in [1.165, 1.54) is 0 Å². The number of carbonyl (C=O) groups excluding carboxylic acids is 2. The summed E-state index contributed by atoms with van der Waals surface area (Å²) in [5.41, 5.74) is -0.716. The molecule has 11 heteroatoms. The van der Waals surface area contributed by atoms with Crippen molar-refractivity contribution in [2.75, 3.05) is 44.8 Å². The van der Waals surface area contributed by atoms with Gasteiger partial charge >= 0.3 is 0 Å². The summed E-state index contributed by atoms with van der Waals surface area (Å²) in [7, 11) is 0. The highest BCUT2D eigenvalue weighted by atomic mass is 16.5. The summed E-state index contributed by atoms with van der Waals surface area (Å²) in [6.45, 7) is 13.1. The zero-order chi connectivity index (χ0) is 29.6. The third-order valence-electron chi connectivity index (χ3n) is 7.86. The first-order valence-electron chi connectivity index (χ1n) is 14.7. The van der Waals surface area contributed by atoms with Gasteiger partial charge in [0, 0.05) is 56.5 Å². The van der Waals surface area contributed by atoms with Gasteiger partial charge in [0.15, 0.2) is 0 Å². The number of furan rings is 1. The van der Waals surface area contributed by atoms with Gasteiger partial charge in [-0.25, -0.2) is 9.97 Å². The molecule has 0 spiro atoms. The van der Waals surface area contributed by atoms with Crippen molar-refractivity contribution in [3.8, 4) is 0 Å². The van der Waals surface area contributed by atoms with Crippen molar-refractivity contribution in [3.05, 3.63) is 41.7 Å². The smallest absolute Gasteiger partial charge is 0.259 e. The molecule has 0 aliphatic carbocycles. The number of nitrogens with zero attached hydrogens (tertiary/aromatic N) is 3. The van der Waals surface area contributed by atoms with Crippen LogP contribution in [-0.2, 0) is 21.5 Å². The molecule has 2 aliphatic heterocycles. The van der Waals surface area contributed by atoms with Crippen LogP contribution in [0.3, 0.4) is 0 Å². The third kappa shape index (κ3) is 7.64. The molecule has 226 valence electrons. The van der Waals surface area contributed by atoms with Crippen LogP contribution < -0.4 is 16.0 Å². The zero-order valence-corrected chi connectivity index (χ0v) is 25.0. The van der Waals surface area contributed by atoms with Crippen molar-refractivity contribution in [2.45, 2.75) is 77.9 Å². The number of aliphatic hydroxyl groups excluding tert-OH is 1. The average molecular weight is 571 g/mol. The number of nitrogens with one attached hydrogen (secondary N) is 3. The first kappa shape index (κ1) is 30.9. The highest BCUT2D eigenvalue weighted by Gasteiger charge is 2.41. The maximum absolute atomic E-state index is 14.2. The molecule has 0 saturated carbocycles. The summed E-state index contributed by atoms with van der Waals surface area (Å²) in [5.74, 6) is 1.77. The van der Waals surface area contributed by atoms with Crippen molar-refractivity contribution in [1.29, 1.82) is 0 Å². The second-order valence-electron chi connectivity index (χ2n) is 12.8. The van der Waals surface area contributed by atoms with Gasteiger partial charge in [0.2, 0.25) is 5.91 Å². The molecule has 0 bridgehead atoms. The first-order valence-corrected chi connectivity index (χ1v) is 14.7. The normalized spacial score (nSPS) is 21.0. The molecule has 4 rings (SSSR count). The SMILES string of the molecule is CC(C)CN(C(=O)c1cnc(C(C)(C)C)nc1NCc1ccco1)[C@@H]1CNC[C@H](NC(=O)C2(CO)CCOCC2)C1. The van der Waals surface area contributed by atoms with Gasteiger partial charge in [-0.2, -0.15) is 0 Å². The fourth-order valence-electron chi connectivity index (χ4n) is 5.39. The lowest BCUT2D eigenvalue weighted by Gasteiger charge is -2.41. The molecule has 4 N–H and O–H groups in total. The Morgan fingerprint density at radius 2 is 2.00 bits per heavy atom. The maximum atomic E-state index is 14.2. The minimum absolute atomic E-state index is 0.145. The van der Waals surface area contributed by atoms with Gasteiger partial charge in [-0.05, 0) is 37.3 Å². The molecule has 4 heterocycles. The second kappa shape index (κ2) is 13.3. The molecule has 2 amide bonds. The Hall–Kier alpha value is -3.02. The van der Waals surface area contributed by atoms with E-state index in [1.807, 2.05) is 37.8 Å². The summed E-state index contributed by atoms with van der Waals surface area (Å²) < 4.78 is 10.9. The largest absolute Gasteiger partial charge is 0.467 e. The van der Waals surface area contributed by atoms with Crippen molar-refractivity contribution < 1.29 is 23.8 Å². The Bertz CT molecular complexity index is 1160. The summed E-state index contributed by atoms with van der Waals surface area (Å²) in [6, 6.07) is 3.37. The predicted octanol–water partition coefficient (Wildman–Crippen LogP) is 2.71. The van der Waals surface area contributed by atoms with Gasteiger partial charge in [0.25, 0.3) is 5.91 Å². The summed E-state index contributed by atoms with van der Waals surface area (Å²) >= 11 is 0. The van der Waals surface area contributed by atoms with Gasteiger partial charge in [-0.1, -0.05) is 34.6 Å². The van der Waals surface area contributed by atoms with Crippen LogP contribution >= 0.6 is 0 Å². The first-order chi connectivity index (χ1) is 19.5. The van der Waals surface area contributed by atoms with E-state index in [2.05, 4.69) is 34.8 Å². The van der Waals surface area contributed by atoms with Gasteiger partial charge in [-0.15, -0.1) is 0 Å². The maximum Gasteiger partial charge on any atom is 0.259 e. The number of piperidine rings is 1. The highest BCUT2D eigenvalue weighted by Crippen LogP contribution is 2.31. The van der Waals surface area contributed by atoms with E-state index in [9.17, 15) is 14.7 Å². The number of anilines is 1. The van der Waals surface area contributed by atoms with Gasteiger partial charge in [0.1, 0.15) is 23.0 Å². The van der Waals surface area contributed by atoms with Crippen LogP contribution in [0.1, 0.15) is 75.8 Å². The lowest BCUT2D eigenvalue weighted by atomic mass is 9.79. The minimum atomic E-state index is -0.820. The Morgan fingerprint density at radius 1 is 1.24 bits per heavy atom. The monoisotopic (exact) mass is 570 g/mol. The van der Waals surface area contributed by atoms with E-state index >= 15 is 0 Å². The fraction of sp³-hybridized carbons (Fsp3) is 0.667. The Balaban J connectivity index is 1.55. The van der Waals surface area contributed by atoms with Crippen LogP contribution in [0, 0.1) is 11.3 Å². The molecule has 0 aromatic carbocycles. The van der Waals surface area contributed by atoms with E-state index in [1.54, 1.807) is 12.5 Å². The van der Waals surface area contributed by atoms with E-state index < -0.39 is 5.41 Å². The summed E-state index contributed by atoms with van der Waals surface area (Å²) in [5, 5.41) is 20.0. The molecular weight excluding hydrogens is 524 g/mol. The summed E-state index contributed by atoms with van der Waals surface area (Å²) in [4.78, 5) is 38.7. The Kier molecular flexibility index (Phi) is 10.0. The topological polar surface area (TPSA) is 142 Å². The van der Waals surface area contributed by atoms with Crippen molar-refractivity contribution >= 4 is 17.6 Å². The van der Waals surface area contributed by atoms with Crippen LogP contribution in [0.25, 0.3) is 0 Å². The predicted molar refractivity (Wildman–Crippen MR) is 155 cm³/mol. The molecule has 2 aliphatic rings. The van der Waals surface area contributed by atoms with Crippen LogP contribution in [0.2, 0.25) is 0 Å². The Labute approximate surface area is 242 Å². The van der Waals surface area contributed by atoms with Gasteiger partial charge in [0.05, 0.1) is 24.8 Å². The molecule has 2 aromatic heterocycles. The standard InChI is InChI=1S/C30H46N6O5/c1-20(2)18-36(22-13-21(14-31-15-22)34-28(39)30(19-37)8-11-40-12-9-30)26(38)24-17-33-27(29(3,4)5)35-25(24)32-16-23-7-6-10-41-23/h6-7,10,17,20-22,31,37H,8-9,11-16,18-19H2,1-5H3,(H,34,39)(H,32,33,35)/t21-,22+/m1/s1. The van der Waals surface area contributed by atoms with E-state index in [-0.39, 0.29) is 41.8 Å². The average Bonchev–Trinajstić information content (AvgIpc) is 3.48. The van der Waals surface area contributed by atoms with Crippen LogP contribution in [0.5, 0.6) is 0 Å². The molecule has 41 heavy (non-hydrogen) atoms. The number of amides is 2. The van der Waals surface area contributed by atoms with E-state index in [0.29, 0.717) is 75.9 Å². The van der Waals surface area contributed by atoms with Gasteiger partial charge < -0.3 is 35.1 Å². The zero-order valence-electron chi connectivity index (χ0n) is 25.0. The molecule has 2 fully saturated rings. The van der Waals surface area contributed by atoms with Crippen LogP contribution in [-0.4, -0.2) is 83.3 Å². The molecule has 2 atom stereocenters. The highest BCUT2D eigenvalue weighted by molar-refractivity contribution is 5.98. The number of aliphatic hydroxyl groups is 1. The summed E-state index contributed by atoms with van der Waals surface area (Å²) in [6.07, 6.45) is 4.83. The lowest BCUT2D eigenvalue weighted by molar-refractivity contribution is -0.141. The number of hydrogen-bond donors (Lipinski definition) is 4. The molecule has 11 nitrogen and oxygen atoms in total. The van der Waals surface area contributed by atoms with E-state index in [4.69, 9.17) is 14.1 Å². The number of rotatable bonds is 10. The third-order valence-corrected chi connectivity index (χ3v) is 7.86. The van der Waals surface area contributed by atoms with Crippen LogP contribution in [0.15, 0.2) is 29.0 Å². The quantitative estimate of drug-likeness (QED) is 0.339. The second-order valence-corrected chi connectivity index (χ2v) is 12.8. The van der Waals surface area contributed by atoms with Crippen molar-refractivity contribution in [2.24, 2.45) is 11.3 Å². The number of aromatic nitrogens is 2. The molecule has 2 aromatic rings. The molecule has 2 saturated heterocycles. The molecule has 0 radical (unpaired) electrons. The van der Waals surface area contributed by atoms with Crippen molar-refractivity contribution in [3.63, 3.8) is 0 Å². The Morgan fingerprint density at radius 3 is 2.63 bits per heavy atom. The molecule has 0 unspecified atom stereocenters.